The Balaban J connectivity index is 1.98. The van der Waals surface area contributed by atoms with Gasteiger partial charge in [-0.05, 0) is 47.5 Å². The molecular weight excluding hydrogens is 322 g/mol. The molecule has 1 heterocycles. The third-order valence-corrected chi connectivity index (χ3v) is 4.28. The van der Waals surface area contributed by atoms with Gasteiger partial charge in [0, 0.05) is 10.6 Å². The molecule has 1 aromatic carbocycles. The van der Waals surface area contributed by atoms with Crippen LogP contribution in [0.4, 0.5) is 0 Å². The molecule has 0 saturated heterocycles. The second kappa shape index (κ2) is 7.13. The van der Waals surface area contributed by atoms with E-state index in [0.29, 0.717) is 16.3 Å². The summed E-state index contributed by atoms with van der Waals surface area (Å²) in [6.07, 6.45) is 0.142. The molecule has 0 aliphatic heterocycles. The van der Waals surface area contributed by atoms with Gasteiger partial charge >= 0.3 is 0 Å². The van der Waals surface area contributed by atoms with E-state index in [9.17, 15) is 9.90 Å². The quantitative estimate of drug-likeness (QED) is 0.850. The maximum Gasteiger partial charge on any atom is 0.224 e. The Kier molecular flexibility index (Phi) is 5.45. The summed E-state index contributed by atoms with van der Waals surface area (Å²) in [4.78, 5) is 12.1. The fourth-order valence-corrected chi connectivity index (χ4v) is 3.04. The van der Waals surface area contributed by atoms with Crippen molar-refractivity contribution in [2.24, 2.45) is 0 Å². The van der Waals surface area contributed by atoms with E-state index in [0.717, 1.165) is 5.56 Å². The van der Waals surface area contributed by atoms with E-state index in [-0.39, 0.29) is 18.9 Å². The fraction of sp³-hybridized carbons (Fsp3) is 0.312. The molecule has 0 fully saturated rings. The predicted molar refractivity (Wildman–Crippen MR) is 88.6 cm³/mol. The van der Waals surface area contributed by atoms with Crippen LogP contribution in [0, 0.1) is 0 Å². The van der Waals surface area contributed by atoms with Gasteiger partial charge in [-0.25, -0.2) is 0 Å². The Bertz CT molecular complexity index is 641. The Morgan fingerprint density at radius 3 is 2.86 bits per heavy atom. The average molecular weight is 340 g/mol. The number of aliphatic hydroxyl groups is 1. The first kappa shape index (κ1) is 16.8. The van der Waals surface area contributed by atoms with Gasteiger partial charge in [-0.3, -0.25) is 4.79 Å². The minimum atomic E-state index is -1.09. The van der Waals surface area contributed by atoms with Crippen molar-refractivity contribution in [3.8, 4) is 5.75 Å². The zero-order valence-electron chi connectivity index (χ0n) is 12.4. The zero-order chi connectivity index (χ0) is 16.2. The van der Waals surface area contributed by atoms with E-state index in [2.05, 4.69) is 5.32 Å². The van der Waals surface area contributed by atoms with Crippen molar-refractivity contribution in [1.82, 2.24) is 5.32 Å². The minimum absolute atomic E-state index is 0.142. The molecule has 0 aliphatic rings. The standard InChI is InChI=1S/C16H18ClNO3S/c1-16(20,12-5-6-22-9-12)10-18-15(19)8-11-7-13(17)3-4-14(11)21-2/h3-7,9,20H,8,10H2,1-2H3,(H,18,19). The van der Waals surface area contributed by atoms with Crippen LogP contribution in [0.15, 0.2) is 35.0 Å². The normalized spacial score (nSPS) is 13.5. The summed E-state index contributed by atoms with van der Waals surface area (Å²) < 4.78 is 5.22. The average Bonchev–Trinajstić information content (AvgIpc) is 3.01. The Labute approximate surface area is 138 Å². The lowest BCUT2D eigenvalue weighted by Gasteiger charge is -2.23. The first-order chi connectivity index (χ1) is 10.4. The molecule has 0 saturated carbocycles. The van der Waals surface area contributed by atoms with E-state index in [4.69, 9.17) is 16.3 Å². The highest BCUT2D eigenvalue weighted by molar-refractivity contribution is 7.08. The summed E-state index contributed by atoms with van der Waals surface area (Å²) in [5, 5.41) is 17.4. The number of amides is 1. The molecule has 118 valence electrons. The number of hydrogen-bond donors (Lipinski definition) is 2. The van der Waals surface area contributed by atoms with E-state index in [1.54, 1.807) is 32.2 Å². The maximum absolute atomic E-state index is 12.1. The largest absolute Gasteiger partial charge is 0.496 e. The molecule has 0 bridgehead atoms. The van der Waals surface area contributed by atoms with Crippen LogP contribution >= 0.6 is 22.9 Å². The van der Waals surface area contributed by atoms with Crippen LogP contribution in [-0.4, -0.2) is 24.7 Å². The highest BCUT2D eigenvalue weighted by atomic mass is 35.5. The van der Waals surface area contributed by atoms with Crippen LogP contribution in [0.2, 0.25) is 5.02 Å². The summed E-state index contributed by atoms with van der Waals surface area (Å²) >= 11 is 7.45. The van der Waals surface area contributed by atoms with E-state index in [1.807, 2.05) is 16.8 Å². The van der Waals surface area contributed by atoms with Gasteiger partial charge in [0.25, 0.3) is 0 Å². The minimum Gasteiger partial charge on any atom is -0.496 e. The summed E-state index contributed by atoms with van der Waals surface area (Å²) in [6, 6.07) is 6.99. The van der Waals surface area contributed by atoms with Crippen molar-refractivity contribution >= 4 is 28.8 Å². The third kappa shape index (κ3) is 4.22. The van der Waals surface area contributed by atoms with Crippen molar-refractivity contribution in [3.05, 3.63) is 51.2 Å². The second-order valence-electron chi connectivity index (χ2n) is 5.20. The van der Waals surface area contributed by atoms with Crippen molar-refractivity contribution in [1.29, 1.82) is 0 Å². The summed E-state index contributed by atoms with van der Waals surface area (Å²) in [7, 11) is 1.55. The second-order valence-corrected chi connectivity index (χ2v) is 6.41. The van der Waals surface area contributed by atoms with Crippen LogP contribution in [0.5, 0.6) is 5.75 Å². The van der Waals surface area contributed by atoms with Gasteiger partial charge in [0.1, 0.15) is 11.4 Å². The molecule has 22 heavy (non-hydrogen) atoms. The Morgan fingerprint density at radius 1 is 1.45 bits per heavy atom. The molecule has 1 aromatic heterocycles. The van der Waals surface area contributed by atoms with Crippen LogP contribution in [0.1, 0.15) is 18.1 Å². The van der Waals surface area contributed by atoms with Crippen molar-refractivity contribution in [2.75, 3.05) is 13.7 Å². The van der Waals surface area contributed by atoms with Crippen molar-refractivity contribution < 1.29 is 14.6 Å². The molecule has 1 amide bonds. The number of halogens is 1. The van der Waals surface area contributed by atoms with Gasteiger partial charge in [0.05, 0.1) is 20.1 Å². The van der Waals surface area contributed by atoms with E-state index >= 15 is 0 Å². The number of methoxy groups -OCH3 is 1. The molecular formula is C16H18ClNO3S. The molecule has 2 N–H and O–H groups in total. The Hall–Kier alpha value is -1.56. The summed E-state index contributed by atoms with van der Waals surface area (Å²) in [5.41, 5.74) is 0.412. The van der Waals surface area contributed by atoms with Crippen molar-refractivity contribution in [3.63, 3.8) is 0 Å². The molecule has 2 aromatic rings. The van der Waals surface area contributed by atoms with Gasteiger partial charge in [-0.2, -0.15) is 11.3 Å². The summed E-state index contributed by atoms with van der Waals surface area (Å²) in [5.74, 6) is 0.417. The van der Waals surface area contributed by atoms with E-state index in [1.165, 1.54) is 11.3 Å². The maximum atomic E-state index is 12.1. The molecule has 1 atom stereocenters. The van der Waals surface area contributed by atoms with Crippen molar-refractivity contribution in [2.45, 2.75) is 18.9 Å². The van der Waals surface area contributed by atoms with Crippen LogP contribution in [-0.2, 0) is 16.8 Å². The van der Waals surface area contributed by atoms with Crippen LogP contribution in [0.25, 0.3) is 0 Å². The molecule has 0 radical (unpaired) electrons. The number of ether oxygens (including phenoxy) is 1. The first-order valence-corrected chi connectivity index (χ1v) is 8.08. The molecule has 0 spiro atoms. The SMILES string of the molecule is COc1ccc(Cl)cc1CC(=O)NCC(C)(O)c1ccsc1. The number of rotatable bonds is 6. The lowest BCUT2D eigenvalue weighted by Crippen LogP contribution is -2.39. The molecule has 1 unspecified atom stereocenters. The topological polar surface area (TPSA) is 58.6 Å². The van der Waals surface area contributed by atoms with E-state index < -0.39 is 5.60 Å². The highest BCUT2D eigenvalue weighted by Gasteiger charge is 2.24. The van der Waals surface area contributed by atoms with Gasteiger partial charge in [-0.15, -0.1) is 0 Å². The molecule has 0 aliphatic carbocycles. The lowest BCUT2D eigenvalue weighted by molar-refractivity contribution is -0.121. The van der Waals surface area contributed by atoms with Gasteiger partial charge in [0.15, 0.2) is 0 Å². The Morgan fingerprint density at radius 2 is 2.23 bits per heavy atom. The van der Waals surface area contributed by atoms with Gasteiger partial charge in [0.2, 0.25) is 5.91 Å². The number of carbonyl (C=O) groups is 1. The highest BCUT2D eigenvalue weighted by Crippen LogP contribution is 2.24. The number of nitrogens with one attached hydrogen (secondary N) is 1. The number of carbonyl (C=O) groups excluding carboxylic acids is 1. The van der Waals surface area contributed by atoms with Crippen LogP contribution < -0.4 is 10.1 Å². The monoisotopic (exact) mass is 339 g/mol. The van der Waals surface area contributed by atoms with Gasteiger partial charge in [-0.1, -0.05) is 11.6 Å². The van der Waals surface area contributed by atoms with Crippen LogP contribution in [0.3, 0.4) is 0 Å². The van der Waals surface area contributed by atoms with Gasteiger partial charge < -0.3 is 15.2 Å². The first-order valence-electron chi connectivity index (χ1n) is 6.76. The number of benzene rings is 1. The number of thiophene rings is 1. The summed E-state index contributed by atoms with van der Waals surface area (Å²) in [6.45, 7) is 1.82. The molecule has 2 rings (SSSR count). The predicted octanol–water partition coefficient (Wildman–Crippen LogP) is 2.98. The fourth-order valence-electron chi connectivity index (χ4n) is 2.06. The number of hydrogen-bond acceptors (Lipinski definition) is 4. The third-order valence-electron chi connectivity index (χ3n) is 3.37. The molecule has 4 nitrogen and oxygen atoms in total. The lowest BCUT2D eigenvalue weighted by atomic mass is 9.99. The zero-order valence-corrected chi connectivity index (χ0v) is 14.0. The smallest absolute Gasteiger partial charge is 0.224 e. The molecule has 6 heteroatoms.